The third-order valence-corrected chi connectivity index (χ3v) is 4.95. The molecule has 0 saturated heterocycles. The fraction of sp³-hybridized carbons (Fsp3) is 0.182. The Morgan fingerprint density at radius 2 is 1.93 bits per heavy atom. The first-order valence-corrected chi connectivity index (χ1v) is 9.60. The van der Waals surface area contributed by atoms with Gasteiger partial charge in [0.1, 0.15) is 0 Å². The summed E-state index contributed by atoms with van der Waals surface area (Å²) >= 11 is 6.30. The molecule has 30 heavy (non-hydrogen) atoms. The molecule has 0 amide bonds. The second kappa shape index (κ2) is 8.92. The van der Waals surface area contributed by atoms with Gasteiger partial charge in [-0.2, -0.15) is 0 Å². The number of rotatable bonds is 5. The Kier molecular flexibility index (Phi) is 6.32. The topological polar surface area (TPSA) is 79.4 Å². The number of benzene rings is 2. The number of hydrogen-bond acceptors (Lipinski definition) is 5. The van der Waals surface area contributed by atoms with Crippen LogP contribution in [0.3, 0.4) is 0 Å². The van der Waals surface area contributed by atoms with Gasteiger partial charge in [0.05, 0.1) is 34.1 Å². The highest BCUT2D eigenvalue weighted by atomic mass is 35.5. The number of methoxy groups -OCH3 is 1. The summed E-state index contributed by atoms with van der Waals surface area (Å²) in [4.78, 5) is 27.4. The Morgan fingerprint density at radius 1 is 1.20 bits per heavy atom. The fourth-order valence-electron chi connectivity index (χ4n) is 3.13. The minimum Gasteiger partial charge on any atom is -0.466 e. The van der Waals surface area contributed by atoms with Gasteiger partial charge in [-0.05, 0) is 24.3 Å². The van der Waals surface area contributed by atoms with Crippen molar-refractivity contribution in [3.8, 4) is 5.69 Å². The summed E-state index contributed by atoms with van der Waals surface area (Å²) in [5.41, 5.74) is 2.47. The van der Waals surface area contributed by atoms with Crippen LogP contribution in [0, 0.1) is 0 Å². The van der Waals surface area contributed by atoms with Gasteiger partial charge in [-0.15, -0.1) is 0 Å². The van der Waals surface area contributed by atoms with Crippen LogP contribution < -0.4 is 26.3 Å². The summed E-state index contributed by atoms with van der Waals surface area (Å²) in [5.74, 6) is -0.582. The Morgan fingerprint density at radius 3 is 2.57 bits per heavy atom. The maximum absolute atomic E-state index is 13.4. The second-order valence-corrected chi connectivity index (χ2v) is 7.14. The molecular weight excluding hydrogens is 404 g/mol. The van der Waals surface area contributed by atoms with Crippen LogP contribution in [-0.2, 0) is 9.53 Å². The maximum atomic E-state index is 13.4. The van der Waals surface area contributed by atoms with Crippen molar-refractivity contribution in [1.82, 2.24) is 15.1 Å². The number of ether oxygens (including phenoxy) is 1. The lowest BCUT2D eigenvalue weighted by Gasteiger charge is -2.14. The smallest absolute Gasteiger partial charge is 0.332 e. The molecule has 0 spiro atoms. The van der Waals surface area contributed by atoms with Crippen LogP contribution >= 0.6 is 11.6 Å². The zero-order chi connectivity index (χ0) is 21.8. The Labute approximate surface area is 178 Å². The molecule has 0 saturated carbocycles. The highest BCUT2D eigenvalue weighted by Crippen LogP contribution is 2.18. The zero-order valence-corrected chi connectivity index (χ0v) is 17.9. The summed E-state index contributed by atoms with van der Waals surface area (Å²) in [7, 11) is 6.89. The van der Waals surface area contributed by atoms with Crippen LogP contribution in [0.1, 0.15) is 5.56 Å². The predicted octanol–water partition coefficient (Wildman–Crippen LogP) is 1.21. The molecule has 2 N–H and O–H groups in total. The van der Waals surface area contributed by atoms with Crippen molar-refractivity contribution in [3.05, 3.63) is 80.0 Å². The molecule has 8 heteroatoms. The van der Waals surface area contributed by atoms with Crippen molar-refractivity contribution < 1.29 is 9.53 Å². The van der Waals surface area contributed by atoms with Crippen molar-refractivity contribution in [2.75, 3.05) is 33.2 Å². The first-order valence-electron chi connectivity index (χ1n) is 9.22. The first-order chi connectivity index (χ1) is 14.4. The van der Waals surface area contributed by atoms with Crippen LogP contribution in [0.4, 0.5) is 5.69 Å². The SMILES string of the molecule is CN/C(c1cccc(N(C)C)c1)=c1/c(=CC(=O)OC)[nH]n(-c2ccccc2Cl)c1=O. The number of halogens is 1. The normalized spacial score (nSPS) is 12.5. The van der Waals surface area contributed by atoms with E-state index in [-0.39, 0.29) is 5.56 Å². The number of nitrogens with one attached hydrogen (secondary N) is 2. The van der Waals surface area contributed by atoms with E-state index in [0.717, 1.165) is 11.3 Å². The number of hydrogen-bond donors (Lipinski definition) is 2. The third-order valence-electron chi connectivity index (χ3n) is 4.63. The van der Waals surface area contributed by atoms with Gasteiger partial charge in [-0.1, -0.05) is 35.9 Å². The monoisotopic (exact) mass is 426 g/mol. The molecule has 3 rings (SSSR count). The number of carbonyl (C=O) groups excluding carboxylic acids is 1. The van der Waals surface area contributed by atoms with E-state index in [2.05, 4.69) is 10.4 Å². The van der Waals surface area contributed by atoms with Crippen LogP contribution in [0.2, 0.25) is 5.02 Å². The molecule has 0 unspecified atom stereocenters. The van der Waals surface area contributed by atoms with Crippen molar-refractivity contribution in [3.63, 3.8) is 0 Å². The number of aromatic nitrogens is 2. The predicted molar refractivity (Wildman–Crippen MR) is 119 cm³/mol. The van der Waals surface area contributed by atoms with Gasteiger partial charge in [-0.3, -0.25) is 9.89 Å². The third kappa shape index (κ3) is 4.11. The largest absolute Gasteiger partial charge is 0.466 e. The van der Waals surface area contributed by atoms with E-state index in [1.54, 1.807) is 31.3 Å². The number of para-hydroxylation sites is 1. The van der Waals surface area contributed by atoms with E-state index in [0.29, 0.717) is 27.0 Å². The molecule has 0 bridgehead atoms. The van der Waals surface area contributed by atoms with E-state index >= 15 is 0 Å². The number of esters is 1. The van der Waals surface area contributed by atoms with Crippen molar-refractivity contribution in [1.29, 1.82) is 0 Å². The molecule has 3 aromatic rings. The van der Waals surface area contributed by atoms with E-state index in [4.69, 9.17) is 16.3 Å². The molecule has 156 valence electrons. The number of anilines is 1. The second-order valence-electron chi connectivity index (χ2n) is 6.73. The Hall–Kier alpha value is -3.45. The average molecular weight is 427 g/mol. The van der Waals surface area contributed by atoms with Gasteiger partial charge in [0.2, 0.25) is 0 Å². The van der Waals surface area contributed by atoms with Gasteiger partial charge in [0.15, 0.2) is 0 Å². The Bertz CT molecular complexity index is 1260. The van der Waals surface area contributed by atoms with Gasteiger partial charge >= 0.3 is 5.97 Å². The summed E-state index contributed by atoms with van der Waals surface area (Å²) in [5, 5.41) is 7.12. The van der Waals surface area contributed by atoms with Crippen LogP contribution in [0.25, 0.3) is 17.5 Å². The number of nitrogens with zero attached hydrogens (tertiary/aromatic N) is 2. The van der Waals surface area contributed by atoms with Crippen molar-refractivity contribution in [2.24, 2.45) is 0 Å². The molecule has 2 aromatic carbocycles. The van der Waals surface area contributed by atoms with E-state index in [1.807, 2.05) is 43.3 Å². The summed E-state index contributed by atoms with van der Waals surface area (Å²) in [6, 6.07) is 14.7. The molecule has 0 aliphatic rings. The van der Waals surface area contributed by atoms with Crippen LogP contribution in [0.5, 0.6) is 0 Å². The Balaban J connectivity index is 2.43. The highest BCUT2D eigenvalue weighted by Gasteiger charge is 2.14. The van der Waals surface area contributed by atoms with Gasteiger partial charge < -0.3 is 15.0 Å². The first kappa shape index (κ1) is 21.3. The van der Waals surface area contributed by atoms with E-state index in [1.165, 1.54) is 17.9 Å². The molecule has 0 aliphatic carbocycles. The standard InChI is InChI=1S/C22H23ClN4O3/c1-24-21(14-8-7-9-15(12-14)26(2)3)20-17(13-19(28)30-4)25-27(22(20)29)18-11-6-5-10-16(18)23/h5-13,24-25H,1-4H3/b17-13?,21-20-. The lowest BCUT2D eigenvalue weighted by atomic mass is 10.1. The maximum Gasteiger partial charge on any atom is 0.332 e. The molecule has 0 aliphatic heterocycles. The van der Waals surface area contributed by atoms with Crippen molar-refractivity contribution in [2.45, 2.75) is 0 Å². The summed E-state index contributed by atoms with van der Waals surface area (Å²) in [6.45, 7) is 0. The lowest BCUT2D eigenvalue weighted by Crippen LogP contribution is -2.40. The average Bonchev–Trinajstić information content (AvgIpc) is 3.05. The molecule has 1 aromatic heterocycles. The molecule has 0 fully saturated rings. The molecule has 7 nitrogen and oxygen atoms in total. The summed E-state index contributed by atoms with van der Waals surface area (Å²) in [6.07, 6.45) is 1.25. The van der Waals surface area contributed by atoms with Gasteiger partial charge in [0.25, 0.3) is 5.56 Å². The highest BCUT2D eigenvalue weighted by molar-refractivity contribution is 6.32. The number of aromatic amines is 1. The molecule has 0 radical (unpaired) electrons. The molecule has 1 heterocycles. The number of H-pyrrole nitrogens is 1. The number of carbonyl (C=O) groups is 1. The van der Waals surface area contributed by atoms with E-state index < -0.39 is 5.97 Å². The quantitative estimate of drug-likeness (QED) is 0.600. The minimum atomic E-state index is -0.582. The molecule has 0 atom stereocenters. The summed E-state index contributed by atoms with van der Waals surface area (Å²) < 4.78 is 6.09. The fourth-order valence-corrected chi connectivity index (χ4v) is 3.35. The molecular formula is C22H23ClN4O3. The van der Waals surface area contributed by atoms with Crippen LogP contribution in [0.15, 0.2) is 53.3 Å². The lowest BCUT2D eigenvalue weighted by molar-refractivity contribution is -0.133. The van der Waals surface area contributed by atoms with Crippen molar-refractivity contribution >= 4 is 35.0 Å². The zero-order valence-electron chi connectivity index (χ0n) is 17.2. The van der Waals surface area contributed by atoms with Gasteiger partial charge in [-0.25, -0.2) is 9.48 Å². The van der Waals surface area contributed by atoms with E-state index in [9.17, 15) is 9.59 Å². The van der Waals surface area contributed by atoms with Gasteiger partial charge in [0, 0.05) is 38.5 Å². The minimum absolute atomic E-state index is 0.304. The van der Waals surface area contributed by atoms with Crippen LogP contribution in [-0.4, -0.2) is 44.0 Å².